The van der Waals surface area contributed by atoms with Gasteiger partial charge in [0.2, 0.25) is 0 Å². The molecule has 2 N–H and O–H groups in total. The van der Waals surface area contributed by atoms with Crippen LogP contribution in [0.4, 0.5) is 4.39 Å². The Morgan fingerprint density at radius 3 is 2.73 bits per heavy atom. The molecule has 3 unspecified atom stereocenters. The van der Waals surface area contributed by atoms with Crippen molar-refractivity contribution in [2.45, 2.75) is 51.7 Å². The molecule has 0 bridgehead atoms. The monoisotopic (exact) mass is 302 g/mol. The van der Waals surface area contributed by atoms with Crippen LogP contribution in [0.15, 0.2) is 53.2 Å². The highest BCUT2D eigenvalue weighted by atomic mass is 19.1. The molecular weight excluding hydrogens is 275 g/mol. The number of aliphatic imine (C=N–C) groups is 1. The first-order valence-electron chi connectivity index (χ1n) is 8.06. The lowest BCUT2D eigenvalue weighted by Gasteiger charge is -2.24. The average molecular weight is 302 g/mol. The van der Waals surface area contributed by atoms with E-state index >= 15 is 0 Å². The van der Waals surface area contributed by atoms with Crippen LogP contribution in [0.2, 0.25) is 0 Å². The molecule has 0 radical (unpaired) electrons. The lowest BCUT2D eigenvalue weighted by atomic mass is 9.87. The number of alkyl halides is 1. The first kappa shape index (κ1) is 16.9. The van der Waals surface area contributed by atoms with Gasteiger partial charge in [0.25, 0.3) is 0 Å². The van der Waals surface area contributed by atoms with Crippen LogP contribution >= 0.6 is 0 Å². The zero-order valence-electron chi connectivity index (χ0n) is 13.7. The molecule has 3 atom stereocenters. The first-order chi connectivity index (χ1) is 10.4. The van der Waals surface area contributed by atoms with Gasteiger partial charge in [-0.25, -0.2) is 4.39 Å². The number of halogens is 1. The van der Waals surface area contributed by atoms with E-state index in [9.17, 15) is 4.39 Å². The highest BCUT2D eigenvalue weighted by molar-refractivity contribution is 5.87. The van der Waals surface area contributed by atoms with Gasteiger partial charge in [-0.1, -0.05) is 37.0 Å². The molecule has 0 spiro atoms. The molecule has 0 heterocycles. The van der Waals surface area contributed by atoms with Crippen molar-refractivity contribution in [2.75, 3.05) is 0 Å². The smallest absolute Gasteiger partial charge is 0.139 e. The zero-order valence-corrected chi connectivity index (χ0v) is 13.7. The quantitative estimate of drug-likeness (QED) is 0.545. The molecule has 0 saturated heterocycles. The van der Waals surface area contributed by atoms with E-state index in [4.69, 9.17) is 5.73 Å². The van der Waals surface area contributed by atoms with Crippen LogP contribution in [-0.2, 0) is 0 Å². The van der Waals surface area contributed by atoms with Gasteiger partial charge in [-0.2, -0.15) is 0 Å². The SMILES string of the molecule is C=C(/N=C(\C)C(F)CC(N)C1C=C(C)C=CC1)C(=C)C1CC1. The largest absolute Gasteiger partial charge is 0.327 e. The molecule has 2 aliphatic carbocycles. The summed E-state index contributed by atoms with van der Waals surface area (Å²) in [5.41, 5.74) is 9.40. The Labute approximate surface area is 133 Å². The van der Waals surface area contributed by atoms with Crippen molar-refractivity contribution in [3.05, 3.63) is 48.2 Å². The Hall–Kier alpha value is -1.48. The van der Waals surface area contributed by atoms with Gasteiger partial charge in [0.1, 0.15) is 6.17 Å². The summed E-state index contributed by atoms with van der Waals surface area (Å²) >= 11 is 0. The van der Waals surface area contributed by atoms with Gasteiger partial charge in [-0.15, -0.1) is 0 Å². The molecule has 0 aromatic rings. The minimum Gasteiger partial charge on any atom is -0.327 e. The topological polar surface area (TPSA) is 38.4 Å². The van der Waals surface area contributed by atoms with E-state index in [0.717, 1.165) is 24.8 Å². The van der Waals surface area contributed by atoms with Gasteiger partial charge in [0, 0.05) is 11.8 Å². The van der Waals surface area contributed by atoms with Gasteiger partial charge < -0.3 is 5.73 Å². The molecule has 120 valence electrons. The normalized spacial score (nSPS) is 24.6. The fourth-order valence-corrected chi connectivity index (χ4v) is 2.78. The van der Waals surface area contributed by atoms with E-state index in [1.807, 2.05) is 6.92 Å². The lowest BCUT2D eigenvalue weighted by Crippen LogP contribution is -2.34. The van der Waals surface area contributed by atoms with Crippen molar-refractivity contribution >= 4 is 5.71 Å². The maximum Gasteiger partial charge on any atom is 0.139 e. The number of nitrogens with zero attached hydrogens (tertiary/aromatic N) is 1. The molecule has 0 aromatic heterocycles. The third-order valence-corrected chi connectivity index (χ3v) is 4.50. The van der Waals surface area contributed by atoms with Gasteiger partial charge in [0.05, 0.1) is 5.70 Å². The van der Waals surface area contributed by atoms with Crippen molar-refractivity contribution in [1.82, 2.24) is 0 Å². The predicted molar refractivity (Wildman–Crippen MR) is 92.6 cm³/mol. The minimum absolute atomic E-state index is 0.194. The summed E-state index contributed by atoms with van der Waals surface area (Å²) in [5.74, 6) is 0.715. The summed E-state index contributed by atoms with van der Waals surface area (Å²) < 4.78 is 14.4. The number of rotatable bonds is 7. The second kappa shape index (κ2) is 7.19. The summed E-state index contributed by atoms with van der Waals surface area (Å²) in [7, 11) is 0. The fraction of sp³-hybridized carbons (Fsp3) is 0.526. The fourth-order valence-electron chi connectivity index (χ4n) is 2.78. The molecule has 1 fully saturated rings. The minimum atomic E-state index is -1.13. The summed E-state index contributed by atoms with van der Waals surface area (Å²) in [6.45, 7) is 11.7. The predicted octanol–water partition coefficient (Wildman–Crippen LogP) is 4.51. The van der Waals surface area contributed by atoms with E-state index < -0.39 is 6.17 Å². The maximum atomic E-state index is 14.4. The molecular formula is C19H27FN2. The highest BCUT2D eigenvalue weighted by Gasteiger charge is 2.27. The van der Waals surface area contributed by atoms with Crippen LogP contribution in [-0.4, -0.2) is 17.9 Å². The highest BCUT2D eigenvalue weighted by Crippen LogP contribution is 2.38. The number of hydrogen-bond donors (Lipinski definition) is 1. The second-order valence-electron chi connectivity index (χ2n) is 6.58. The Kier molecular flexibility index (Phi) is 5.52. The summed E-state index contributed by atoms with van der Waals surface area (Å²) in [6, 6.07) is -0.194. The Morgan fingerprint density at radius 1 is 1.45 bits per heavy atom. The van der Waals surface area contributed by atoms with Gasteiger partial charge in [0.15, 0.2) is 0 Å². The van der Waals surface area contributed by atoms with E-state index in [-0.39, 0.29) is 12.0 Å². The Morgan fingerprint density at radius 2 is 2.14 bits per heavy atom. The maximum absolute atomic E-state index is 14.4. The second-order valence-corrected chi connectivity index (χ2v) is 6.58. The van der Waals surface area contributed by atoms with Gasteiger partial charge in [-0.05, 0) is 56.9 Å². The van der Waals surface area contributed by atoms with Crippen molar-refractivity contribution in [1.29, 1.82) is 0 Å². The van der Waals surface area contributed by atoms with Crippen LogP contribution < -0.4 is 5.73 Å². The van der Waals surface area contributed by atoms with E-state index in [1.165, 1.54) is 5.57 Å². The van der Waals surface area contributed by atoms with Crippen LogP contribution in [0.1, 0.15) is 39.5 Å². The van der Waals surface area contributed by atoms with Crippen LogP contribution in [0, 0.1) is 11.8 Å². The number of nitrogens with two attached hydrogens (primary N) is 1. The van der Waals surface area contributed by atoms with E-state index in [2.05, 4.69) is 36.4 Å². The molecule has 22 heavy (non-hydrogen) atoms. The first-order valence-corrected chi connectivity index (χ1v) is 8.06. The lowest BCUT2D eigenvalue weighted by molar-refractivity contribution is 0.341. The van der Waals surface area contributed by atoms with Crippen molar-refractivity contribution in [3.8, 4) is 0 Å². The average Bonchev–Trinajstić information content (AvgIpc) is 3.30. The van der Waals surface area contributed by atoms with Crippen LogP contribution in [0.3, 0.4) is 0 Å². The number of hydrogen-bond acceptors (Lipinski definition) is 2. The van der Waals surface area contributed by atoms with Crippen LogP contribution in [0.25, 0.3) is 0 Å². The Bertz CT molecular complexity index is 538. The van der Waals surface area contributed by atoms with Crippen LogP contribution in [0.5, 0.6) is 0 Å². The summed E-state index contributed by atoms with van der Waals surface area (Å²) in [6.07, 6.45) is 8.67. The zero-order chi connectivity index (χ0) is 16.3. The summed E-state index contributed by atoms with van der Waals surface area (Å²) in [5, 5.41) is 0. The van der Waals surface area contributed by atoms with Crippen molar-refractivity contribution in [2.24, 2.45) is 22.6 Å². The molecule has 2 aliphatic rings. The van der Waals surface area contributed by atoms with Crippen molar-refractivity contribution < 1.29 is 4.39 Å². The van der Waals surface area contributed by atoms with Gasteiger partial charge in [-0.3, -0.25) is 4.99 Å². The molecule has 0 amide bonds. The van der Waals surface area contributed by atoms with Crippen molar-refractivity contribution in [3.63, 3.8) is 0 Å². The Balaban J connectivity index is 1.90. The molecule has 0 aromatic carbocycles. The molecule has 1 saturated carbocycles. The standard InChI is InChI=1S/C19H27FN2/c1-12-6-5-7-17(10-12)19(21)11-18(20)15(4)22-14(3)13(2)16-8-9-16/h5-6,10,16-19H,2-3,7-9,11,21H2,1,4H3/b22-15+. The van der Waals surface area contributed by atoms with E-state index in [0.29, 0.717) is 23.7 Å². The summed E-state index contributed by atoms with van der Waals surface area (Å²) in [4.78, 5) is 4.31. The third kappa shape index (κ3) is 4.51. The van der Waals surface area contributed by atoms with Gasteiger partial charge >= 0.3 is 0 Å². The molecule has 0 aliphatic heterocycles. The number of allylic oxidation sites excluding steroid dienone is 4. The third-order valence-electron chi connectivity index (χ3n) is 4.50. The molecule has 2 rings (SSSR count). The molecule has 3 heteroatoms. The van der Waals surface area contributed by atoms with E-state index in [1.54, 1.807) is 6.92 Å². The molecule has 2 nitrogen and oxygen atoms in total.